The maximum atomic E-state index is 12.9. The van der Waals surface area contributed by atoms with E-state index in [0.29, 0.717) is 0 Å². The Kier molecular flexibility index (Phi) is 4.43. The van der Waals surface area contributed by atoms with E-state index in [2.05, 4.69) is 20.8 Å². The van der Waals surface area contributed by atoms with Gasteiger partial charge in [0.25, 0.3) is 0 Å². The summed E-state index contributed by atoms with van der Waals surface area (Å²) < 4.78 is 19.0. The molecule has 2 nitrogen and oxygen atoms in total. The summed E-state index contributed by atoms with van der Waals surface area (Å²) in [5.41, 5.74) is 2.13. The highest BCUT2D eigenvalue weighted by Crippen LogP contribution is 2.26. The molecule has 0 aliphatic heterocycles. The van der Waals surface area contributed by atoms with Gasteiger partial charge in [0.2, 0.25) is 0 Å². The number of benzene rings is 2. The molecule has 100 valence electrons. The van der Waals surface area contributed by atoms with E-state index in [1.54, 1.807) is 19.2 Å². The van der Waals surface area contributed by atoms with Crippen molar-refractivity contribution in [3.8, 4) is 5.75 Å². The van der Waals surface area contributed by atoms with E-state index < -0.39 is 0 Å². The van der Waals surface area contributed by atoms with Gasteiger partial charge in [0, 0.05) is 19.3 Å². The second-order valence-electron chi connectivity index (χ2n) is 4.30. The third-order valence-electron chi connectivity index (χ3n) is 2.90. The van der Waals surface area contributed by atoms with Crippen LogP contribution in [0.15, 0.2) is 46.9 Å². The summed E-state index contributed by atoms with van der Waals surface area (Å²) in [6.45, 7) is 0.744. The third-order valence-corrected chi connectivity index (χ3v) is 3.52. The molecule has 0 saturated carbocycles. The predicted molar refractivity (Wildman–Crippen MR) is 79.2 cm³/mol. The predicted octanol–water partition coefficient (Wildman–Crippen LogP) is 4.23. The fourth-order valence-electron chi connectivity index (χ4n) is 1.87. The van der Waals surface area contributed by atoms with Crippen LogP contribution in [0.1, 0.15) is 5.56 Å². The molecule has 0 N–H and O–H groups in total. The molecule has 0 radical (unpaired) electrons. The Morgan fingerprint density at radius 1 is 1.16 bits per heavy atom. The first-order valence-corrected chi connectivity index (χ1v) is 6.68. The normalized spacial score (nSPS) is 10.3. The Labute approximate surface area is 120 Å². The molecule has 0 unspecified atom stereocenters. The van der Waals surface area contributed by atoms with Crippen molar-refractivity contribution >= 4 is 21.6 Å². The van der Waals surface area contributed by atoms with E-state index in [1.165, 1.54) is 12.1 Å². The number of anilines is 1. The van der Waals surface area contributed by atoms with E-state index >= 15 is 0 Å². The topological polar surface area (TPSA) is 12.5 Å². The fraction of sp³-hybridized carbons (Fsp3) is 0.200. The highest BCUT2D eigenvalue weighted by molar-refractivity contribution is 9.10. The van der Waals surface area contributed by atoms with Gasteiger partial charge in [0.1, 0.15) is 11.6 Å². The number of rotatable bonds is 4. The quantitative estimate of drug-likeness (QED) is 0.834. The Bertz CT molecular complexity index is 557. The van der Waals surface area contributed by atoms with Crippen LogP contribution in [0.5, 0.6) is 5.75 Å². The summed E-state index contributed by atoms with van der Waals surface area (Å²) in [7, 11) is 3.62. The second kappa shape index (κ2) is 6.06. The van der Waals surface area contributed by atoms with Crippen molar-refractivity contribution in [1.29, 1.82) is 0 Å². The first-order chi connectivity index (χ1) is 9.10. The van der Waals surface area contributed by atoms with Crippen LogP contribution in [0.4, 0.5) is 10.1 Å². The van der Waals surface area contributed by atoms with Crippen molar-refractivity contribution in [3.63, 3.8) is 0 Å². The Morgan fingerprint density at radius 3 is 2.42 bits per heavy atom. The number of halogens is 2. The zero-order chi connectivity index (χ0) is 13.8. The molecule has 2 rings (SSSR count). The molecule has 2 aromatic rings. The second-order valence-corrected chi connectivity index (χ2v) is 5.16. The SMILES string of the molecule is COc1ccc(CN(C)c2ccc(F)cc2)cc1Br. The van der Waals surface area contributed by atoms with Gasteiger partial charge in [0.05, 0.1) is 11.6 Å². The molecule has 19 heavy (non-hydrogen) atoms. The van der Waals surface area contributed by atoms with Crippen molar-refractivity contribution < 1.29 is 9.13 Å². The lowest BCUT2D eigenvalue weighted by molar-refractivity contribution is 0.412. The summed E-state index contributed by atoms with van der Waals surface area (Å²) in [5.74, 6) is 0.595. The van der Waals surface area contributed by atoms with Crippen LogP contribution < -0.4 is 9.64 Å². The van der Waals surface area contributed by atoms with Gasteiger partial charge >= 0.3 is 0 Å². The van der Waals surface area contributed by atoms with Crippen LogP contribution in [-0.4, -0.2) is 14.2 Å². The zero-order valence-corrected chi connectivity index (χ0v) is 12.4. The lowest BCUT2D eigenvalue weighted by Gasteiger charge is -2.19. The Balaban J connectivity index is 2.12. The molecule has 2 aromatic carbocycles. The van der Waals surface area contributed by atoms with Gasteiger partial charge in [-0.1, -0.05) is 6.07 Å². The maximum absolute atomic E-state index is 12.9. The van der Waals surface area contributed by atoms with Crippen LogP contribution >= 0.6 is 15.9 Å². The van der Waals surface area contributed by atoms with E-state index in [1.807, 2.05) is 25.2 Å². The van der Waals surface area contributed by atoms with E-state index in [-0.39, 0.29) is 5.82 Å². The average Bonchev–Trinajstić information content (AvgIpc) is 2.39. The van der Waals surface area contributed by atoms with Crippen LogP contribution in [0.3, 0.4) is 0 Å². The van der Waals surface area contributed by atoms with Crippen molar-refractivity contribution in [2.24, 2.45) is 0 Å². The number of hydrogen-bond acceptors (Lipinski definition) is 2. The molecule has 0 atom stereocenters. The average molecular weight is 324 g/mol. The number of ether oxygens (including phenoxy) is 1. The molecule has 0 aliphatic rings. The summed E-state index contributed by atoms with van der Waals surface area (Å²) in [4.78, 5) is 2.06. The largest absolute Gasteiger partial charge is 0.496 e. The zero-order valence-electron chi connectivity index (χ0n) is 10.9. The smallest absolute Gasteiger partial charge is 0.133 e. The molecular weight excluding hydrogens is 309 g/mol. The van der Waals surface area contributed by atoms with Gasteiger partial charge in [-0.3, -0.25) is 0 Å². The monoisotopic (exact) mass is 323 g/mol. The molecule has 0 aromatic heterocycles. The summed E-state index contributed by atoms with van der Waals surface area (Å²) in [5, 5.41) is 0. The Hall–Kier alpha value is -1.55. The van der Waals surface area contributed by atoms with Gasteiger partial charge in [-0.05, 0) is 57.9 Å². The van der Waals surface area contributed by atoms with Crippen LogP contribution in [0.2, 0.25) is 0 Å². The molecule has 0 amide bonds. The van der Waals surface area contributed by atoms with Gasteiger partial charge in [-0.25, -0.2) is 4.39 Å². The maximum Gasteiger partial charge on any atom is 0.133 e. The van der Waals surface area contributed by atoms with Gasteiger partial charge < -0.3 is 9.64 Å². The third kappa shape index (κ3) is 3.47. The highest BCUT2D eigenvalue weighted by Gasteiger charge is 2.05. The molecule has 0 aliphatic carbocycles. The van der Waals surface area contributed by atoms with Gasteiger partial charge in [-0.15, -0.1) is 0 Å². The minimum atomic E-state index is -0.218. The molecule has 0 fully saturated rings. The van der Waals surface area contributed by atoms with Crippen LogP contribution in [0.25, 0.3) is 0 Å². The van der Waals surface area contributed by atoms with Crippen LogP contribution in [0, 0.1) is 5.82 Å². The summed E-state index contributed by atoms with van der Waals surface area (Å²) in [6.07, 6.45) is 0. The van der Waals surface area contributed by atoms with Crippen molar-refractivity contribution in [2.75, 3.05) is 19.1 Å². The standard InChI is InChI=1S/C15H15BrFNO/c1-18(13-6-4-12(17)5-7-13)10-11-3-8-15(19-2)14(16)9-11/h3-9H,10H2,1-2H3. The van der Waals surface area contributed by atoms with Crippen molar-refractivity contribution in [3.05, 3.63) is 58.3 Å². The highest BCUT2D eigenvalue weighted by atomic mass is 79.9. The minimum absolute atomic E-state index is 0.218. The van der Waals surface area contributed by atoms with E-state index in [0.717, 1.165) is 28.0 Å². The molecule has 4 heteroatoms. The molecule has 0 spiro atoms. The fourth-order valence-corrected chi connectivity index (χ4v) is 2.46. The summed E-state index contributed by atoms with van der Waals surface area (Å²) >= 11 is 3.47. The molecule has 0 saturated heterocycles. The molecule has 0 heterocycles. The van der Waals surface area contributed by atoms with E-state index in [9.17, 15) is 4.39 Å². The first kappa shape index (κ1) is 13.9. The van der Waals surface area contributed by atoms with E-state index in [4.69, 9.17) is 4.74 Å². The van der Waals surface area contributed by atoms with Gasteiger partial charge in [-0.2, -0.15) is 0 Å². The molecule has 0 bridgehead atoms. The van der Waals surface area contributed by atoms with Crippen LogP contribution in [-0.2, 0) is 6.54 Å². The summed E-state index contributed by atoms with van der Waals surface area (Å²) in [6, 6.07) is 12.5. The lowest BCUT2D eigenvalue weighted by atomic mass is 10.2. The number of methoxy groups -OCH3 is 1. The minimum Gasteiger partial charge on any atom is -0.496 e. The van der Waals surface area contributed by atoms with Crippen molar-refractivity contribution in [2.45, 2.75) is 6.54 Å². The Morgan fingerprint density at radius 2 is 1.84 bits per heavy atom. The lowest BCUT2D eigenvalue weighted by Crippen LogP contribution is -2.16. The van der Waals surface area contributed by atoms with Crippen molar-refractivity contribution in [1.82, 2.24) is 0 Å². The first-order valence-electron chi connectivity index (χ1n) is 5.89. The number of hydrogen-bond donors (Lipinski definition) is 0. The van der Waals surface area contributed by atoms with Gasteiger partial charge in [0.15, 0.2) is 0 Å². The molecular formula is C15H15BrFNO. The number of nitrogens with zero attached hydrogens (tertiary/aromatic N) is 1.